The van der Waals surface area contributed by atoms with E-state index < -0.39 is 10.0 Å². The number of hydrogen-bond donors (Lipinski definition) is 3. The lowest BCUT2D eigenvalue weighted by molar-refractivity contribution is 0.415. The molecule has 1 aromatic carbocycles. The molecule has 21 heavy (non-hydrogen) atoms. The molecule has 0 heterocycles. The monoisotopic (exact) mass is 448 g/mol. The lowest BCUT2D eigenvalue weighted by Gasteiger charge is -2.08. The number of nitrogens with zero attached hydrogens (tertiary/aromatic N) is 1. The van der Waals surface area contributed by atoms with Crippen molar-refractivity contribution >= 4 is 57.2 Å². The van der Waals surface area contributed by atoms with E-state index in [1.165, 1.54) is 7.11 Å². The zero-order valence-corrected chi connectivity index (χ0v) is 15.5. The van der Waals surface area contributed by atoms with Crippen LogP contribution in [-0.4, -0.2) is 40.8 Å². The van der Waals surface area contributed by atoms with Crippen LogP contribution in [0.1, 0.15) is 0 Å². The van der Waals surface area contributed by atoms with E-state index >= 15 is 0 Å². The maximum atomic E-state index is 10.8. The lowest BCUT2D eigenvalue weighted by atomic mass is 10.3. The molecule has 7 nitrogen and oxygen atoms in total. The lowest BCUT2D eigenvalue weighted by Crippen LogP contribution is -2.27. The highest BCUT2D eigenvalue weighted by molar-refractivity contribution is 14.0. The third-order valence-electron chi connectivity index (χ3n) is 2.18. The number of methoxy groups -OCH3 is 1. The molecular weight excluding hydrogens is 431 g/mol. The predicted octanol–water partition coefficient (Wildman–Crippen LogP) is 1.24. The first-order valence-corrected chi connectivity index (χ1v) is 7.94. The minimum absolute atomic E-state index is 0. The van der Waals surface area contributed by atoms with Gasteiger partial charge in [0.15, 0.2) is 5.96 Å². The van der Waals surface area contributed by atoms with Crippen LogP contribution >= 0.6 is 35.6 Å². The van der Waals surface area contributed by atoms with E-state index in [0.29, 0.717) is 16.5 Å². The quantitative estimate of drug-likeness (QED) is 0.263. The fourth-order valence-corrected chi connectivity index (χ4v) is 2.06. The average Bonchev–Trinajstić information content (AvgIpc) is 2.34. The molecule has 0 aliphatic heterocycles. The molecular formula is C11H18ClIN4O3S. The standard InChI is InChI=1S/C11H17ClN4O3S.HI/c1-19-10-4-3-8(7-9(10)12)16-11(13)14-5-6-15-20(2,17)18;/h3-4,7,15H,5-6H2,1-2H3,(H3,13,14,16);1H. The van der Waals surface area contributed by atoms with E-state index in [4.69, 9.17) is 22.1 Å². The summed E-state index contributed by atoms with van der Waals surface area (Å²) in [5, 5.41) is 3.29. The van der Waals surface area contributed by atoms with Crippen LogP contribution in [0.3, 0.4) is 0 Å². The third-order valence-corrected chi connectivity index (χ3v) is 3.21. The zero-order chi connectivity index (χ0) is 15.2. The number of anilines is 1. The fraction of sp³-hybridized carbons (Fsp3) is 0.364. The van der Waals surface area contributed by atoms with Gasteiger partial charge in [-0.2, -0.15) is 0 Å². The van der Waals surface area contributed by atoms with Crippen LogP contribution in [0, 0.1) is 0 Å². The van der Waals surface area contributed by atoms with Crippen LogP contribution < -0.4 is 20.5 Å². The van der Waals surface area contributed by atoms with Crippen molar-refractivity contribution in [2.24, 2.45) is 10.7 Å². The summed E-state index contributed by atoms with van der Waals surface area (Å²) in [7, 11) is -1.68. The molecule has 120 valence electrons. The van der Waals surface area contributed by atoms with Crippen LogP contribution in [0.4, 0.5) is 5.69 Å². The van der Waals surface area contributed by atoms with E-state index in [1.54, 1.807) is 18.2 Å². The molecule has 0 aliphatic carbocycles. The van der Waals surface area contributed by atoms with Gasteiger partial charge >= 0.3 is 0 Å². The van der Waals surface area contributed by atoms with Crippen LogP contribution in [0.5, 0.6) is 5.75 Å². The molecule has 1 aromatic rings. The maximum absolute atomic E-state index is 10.8. The Labute approximate surface area is 146 Å². The molecule has 0 atom stereocenters. The molecule has 0 unspecified atom stereocenters. The number of ether oxygens (including phenoxy) is 1. The number of halogens is 2. The van der Waals surface area contributed by atoms with Gasteiger partial charge in [-0.3, -0.25) is 4.99 Å². The molecule has 0 amide bonds. The van der Waals surface area contributed by atoms with Gasteiger partial charge in [-0.05, 0) is 18.2 Å². The van der Waals surface area contributed by atoms with Gasteiger partial charge in [-0.1, -0.05) is 11.6 Å². The Balaban J connectivity index is 0.00000400. The summed E-state index contributed by atoms with van der Waals surface area (Å²) in [6.45, 7) is 0.417. The molecule has 1 rings (SSSR count). The van der Waals surface area contributed by atoms with Gasteiger partial charge in [0.05, 0.1) is 24.9 Å². The predicted molar refractivity (Wildman–Crippen MR) is 96.4 cm³/mol. The number of nitrogens with two attached hydrogens (primary N) is 1. The molecule has 0 radical (unpaired) electrons. The number of nitrogens with one attached hydrogen (secondary N) is 2. The van der Waals surface area contributed by atoms with E-state index in [0.717, 1.165) is 6.26 Å². The second kappa shape index (κ2) is 9.28. The molecule has 0 spiro atoms. The van der Waals surface area contributed by atoms with Crippen molar-refractivity contribution in [1.29, 1.82) is 0 Å². The zero-order valence-electron chi connectivity index (χ0n) is 11.6. The number of hydrogen-bond acceptors (Lipinski definition) is 4. The summed E-state index contributed by atoms with van der Waals surface area (Å²) in [5.41, 5.74) is 6.32. The SMILES string of the molecule is COc1ccc(NC(N)=NCCNS(C)(=O)=O)cc1Cl.I. The van der Waals surface area contributed by atoms with Crippen LogP contribution in [0.25, 0.3) is 0 Å². The highest BCUT2D eigenvalue weighted by Crippen LogP contribution is 2.26. The Bertz CT molecular complexity index is 595. The molecule has 0 aromatic heterocycles. The second-order valence-corrected chi connectivity index (χ2v) is 6.15. The fourth-order valence-electron chi connectivity index (χ4n) is 1.34. The van der Waals surface area contributed by atoms with Gasteiger partial charge in [0.25, 0.3) is 0 Å². The van der Waals surface area contributed by atoms with Gasteiger partial charge < -0.3 is 15.8 Å². The second-order valence-electron chi connectivity index (χ2n) is 3.91. The van der Waals surface area contributed by atoms with Gasteiger partial charge in [0.2, 0.25) is 10.0 Å². The van der Waals surface area contributed by atoms with Crippen molar-refractivity contribution in [3.05, 3.63) is 23.2 Å². The Morgan fingerprint density at radius 1 is 1.48 bits per heavy atom. The molecule has 0 aliphatic rings. The number of aliphatic imine (C=N–C) groups is 1. The number of sulfonamides is 1. The molecule has 0 fully saturated rings. The van der Waals surface area contributed by atoms with Crippen LogP contribution in [-0.2, 0) is 10.0 Å². The highest BCUT2D eigenvalue weighted by Gasteiger charge is 2.03. The minimum atomic E-state index is -3.21. The van der Waals surface area contributed by atoms with Gasteiger partial charge in [-0.25, -0.2) is 13.1 Å². The van der Waals surface area contributed by atoms with Crippen molar-refractivity contribution < 1.29 is 13.2 Å². The Morgan fingerprint density at radius 2 is 2.14 bits per heavy atom. The van der Waals surface area contributed by atoms with Crippen LogP contribution in [0.15, 0.2) is 23.2 Å². The van der Waals surface area contributed by atoms with Crippen molar-refractivity contribution in [3.8, 4) is 5.75 Å². The van der Waals surface area contributed by atoms with Crippen molar-refractivity contribution in [3.63, 3.8) is 0 Å². The molecule has 10 heteroatoms. The summed E-state index contributed by atoms with van der Waals surface area (Å²) < 4.78 is 29.0. The normalized spacial score (nSPS) is 11.7. The molecule has 0 saturated heterocycles. The van der Waals surface area contributed by atoms with E-state index in [9.17, 15) is 8.42 Å². The van der Waals surface area contributed by atoms with E-state index in [-0.39, 0.29) is 43.0 Å². The maximum Gasteiger partial charge on any atom is 0.208 e. The molecule has 0 bridgehead atoms. The van der Waals surface area contributed by atoms with Gasteiger partial charge in [-0.15, -0.1) is 24.0 Å². The largest absolute Gasteiger partial charge is 0.495 e. The number of guanidine groups is 1. The molecule has 0 saturated carbocycles. The Morgan fingerprint density at radius 3 is 2.67 bits per heavy atom. The topological polar surface area (TPSA) is 106 Å². The van der Waals surface area contributed by atoms with E-state index in [1.807, 2.05) is 0 Å². The first-order valence-electron chi connectivity index (χ1n) is 5.67. The highest BCUT2D eigenvalue weighted by atomic mass is 127. The first kappa shape index (κ1) is 20.2. The van der Waals surface area contributed by atoms with Gasteiger partial charge in [0, 0.05) is 12.2 Å². The summed E-state index contributed by atoms with van der Waals surface area (Å²) in [6.07, 6.45) is 1.08. The minimum Gasteiger partial charge on any atom is -0.495 e. The van der Waals surface area contributed by atoms with Crippen LogP contribution in [0.2, 0.25) is 5.02 Å². The molecule has 4 N–H and O–H groups in total. The van der Waals surface area contributed by atoms with E-state index in [2.05, 4.69) is 15.0 Å². The van der Waals surface area contributed by atoms with Crippen molar-refractivity contribution in [2.75, 3.05) is 31.8 Å². The Hall–Kier alpha value is -0.780. The summed E-state index contributed by atoms with van der Waals surface area (Å²) in [6, 6.07) is 5.09. The first-order chi connectivity index (χ1) is 9.31. The third kappa shape index (κ3) is 8.29. The van der Waals surface area contributed by atoms with Crippen molar-refractivity contribution in [1.82, 2.24) is 4.72 Å². The summed E-state index contributed by atoms with van der Waals surface area (Å²) >= 11 is 5.97. The smallest absolute Gasteiger partial charge is 0.208 e. The van der Waals surface area contributed by atoms with Gasteiger partial charge in [0.1, 0.15) is 5.75 Å². The Kier molecular flexibility index (Phi) is 8.94. The average molecular weight is 449 g/mol. The van der Waals surface area contributed by atoms with Crippen molar-refractivity contribution in [2.45, 2.75) is 0 Å². The summed E-state index contributed by atoms with van der Waals surface area (Å²) in [4.78, 5) is 3.98. The number of rotatable bonds is 6. The summed E-state index contributed by atoms with van der Waals surface area (Å²) in [5.74, 6) is 0.728. The number of benzene rings is 1.